The van der Waals surface area contributed by atoms with Crippen LogP contribution in [0.4, 0.5) is 0 Å². The third kappa shape index (κ3) is 1.99. The van der Waals surface area contributed by atoms with Crippen molar-refractivity contribution in [2.45, 2.75) is 20.8 Å². The summed E-state index contributed by atoms with van der Waals surface area (Å²) in [7, 11) is 0. The minimum absolute atomic E-state index is 0. The van der Waals surface area contributed by atoms with Crippen LogP contribution in [0.2, 0.25) is 0 Å². The molecular weight excluding hydrogens is 176 g/mol. The molecule has 0 aliphatic carbocycles. The van der Waals surface area contributed by atoms with Crippen molar-refractivity contribution in [3.63, 3.8) is 0 Å². The topological polar surface area (TPSA) is 45.8 Å². The molecule has 0 saturated heterocycles. The molecule has 0 saturated carbocycles. The zero-order chi connectivity index (χ0) is 10.6. The molecule has 2 aromatic rings. The van der Waals surface area contributed by atoms with E-state index in [1.54, 1.807) is 6.20 Å². The number of fused-ring (bicyclic) bond motifs is 1. The summed E-state index contributed by atoms with van der Waals surface area (Å²) in [4.78, 5) is 18.1. The van der Waals surface area contributed by atoms with Crippen LogP contribution in [0.15, 0.2) is 24.5 Å². The minimum atomic E-state index is 0. The normalized spacial score (nSPS) is 9.36. The van der Waals surface area contributed by atoms with E-state index < -0.39 is 0 Å². The van der Waals surface area contributed by atoms with Crippen molar-refractivity contribution in [3.05, 3.63) is 30.1 Å². The number of carbonyl (C=O) groups excluding carboxylic acids is 1. The van der Waals surface area contributed by atoms with Crippen molar-refractivity contribution in [2.24, 2.45) is 0 Å². The summed E-state index contributed by atoms with van der Waals surface area (Å²) in [5, 5.41) is 0. The Bertz CT molecular complexity index is 437. The number of aromatic nitrogens is 2. The molecule has 1 N–H and O–H groups in total. The predicted octanol–water partition coefficient (Wildman–Crippen LogP) is 3.04. The maximum absolute atomic E-state index is 11.0. The second-order valence-electron chi connectivity index (χ2n) is 2.69. The first-order chi connectivity index (χ1) is 6.77. The third-order valence-electron chi connectivity index (χ3n) is 1.81. The van der Waals surface area contributed by atoms with Crippen LogP contribution in [0, 0.1) is 0 Å². The van der Waals surface area contributed by atoms with Gasteiger partial charge in [-0.05, 0) is 19.1 Å². The smallest absolute Gasteiger partial charge is 0.161 e. The third-order valence-corrected chi connectivity index (χ3v) is 1.81. The number of aromatic amines is 1. The lowest BCUT2D eigenvalue weighted by Gasteiger charge is -1.93. The quantitative estimate of drug-likeness (QED) is 0.706. The van der Waals surface area contributed by atoms with Crippen LogP contribution in [0.3, 0.4) is 0 Å². The number of hydrogen-bond donors (Lipinski definition) is 1. The predicted molar refractivity (Wildman–Crippen MR) is 59.6 cm³/mol. The van der Waals surface area contributed by atoms with Gasteiger partial charge in [-0.1, -0.05) is 13.8 Å². The number of ketones is 1. The summed E-state index contributed by atoms with van der Waals surface area (Å²) < 4.78 is 0. The maximum atomic E-state index is 11.0. The minimum Gasteiger partial charge on any atom is -0.360 e. The number of pyridine rings is 1. The number of nitrogens with zero attached hydrogens (tertiary/aromatic N) is 1. The first-order valence-corrected chi connectivity index (χ1v) is 4.71. The fourth-order valence-corrected chi connectivity index (χ4v) is 1.13. The molecule has 0 radical (unpaired) electrons. The van der Waals surface area contributed by atoms with E-state index in [4.69, 9.17) is 0 Å². The van der Waals surface area contributed by atoms with Gasteiger partial charge in [-0.15, -0.1) is 0 Å². The molecule has 0 amide bonds. The number of nitrogens with one attached hydrogen (secondary N) is 1. The lowest BCUT2D eigenvalue weighted by molar-refractivity contribution is 0.101. The van der Waals surface area contributed by atoms with E-state index in [1.165, 1.54) is 6.92 Å². The highest BCUT2D eigenvalue weighted by atomic mass is 16.1. The SMILES string of the molecule is CC.CC(=O)c1cnc2cc[nH]c2c1.[HH]. The highest BCUT2D eigenvalue weighted by molar-refractivity contribution is 5.96. The van der Waals surface area contributed by atoms with Gasteiger partial charge in [0.05, 0.1) is 11.0 Å². The second kappa shape index (κ2) is 4.56. The number of carbonyl (C=O) groups is 1. The van der Waals surface area contributed by atoms with E-state index in [9.17, 15) is 4.79 Å². The molecule has 0 aliphatic heterocycles. The number of H-pyrrole nitrogens is 1. The monoisotopic (exact) mass is 192 g/mol. The van der Waals surface area contributed by atoms with Crippen LogP contribution in [0.1, 0.15) is 32.6 Å². The molecule has 0 fully saturated rings. The van der Waals surface area contributed by atoms with Crippen molar-refractivity contribution < 1.29 is 6.22 Å². The Morgan fingerprint density at radius 2 is 2.21 bits per heavy atom. The zero-order valence-electron chi connectivity index (χ0n) is 8.66. The van der Waals surface area contributed by atoms with Crippen LogP contribution in [0.25, 0.3) is 11.0 Å². The lowest BCUT2D eigenvalue weighted by atomic mass is 10.2. The Morgan fingerprint density at radius 1 is 1.50 bits per heavy atom. The molecular formula is C11H16N2O. The first kappa shape index (κ1) is 10.4. The number of hydrogen-bond acceptors (Lipinski definition) is 2. The van der Waals surface area contributed by atoms with Crippen molar-refractivity contribution in [1.82, 2.24) is 9.97 Å². The molecule has 0 unspecified atom stereocenters. The van der Waals surface area contributed by atoms with Crippen molar-refractivity contribution in [3.8, 4) is 0 Å². The summed E-state index contributed by atoms with van der Waals surface area (Å²) in [5.74, 6) is 0.0407. The van der Waals surface area contributed by atoms with Gasteiger partial charge in [-0.2, -0.15) is 0 Å². The Kier molecular flexibility index (Phi) is 3.40. The van der Waals surface area contributed by atoms with Crippen LogP contribution >= 0.6 is 0 Å². The van der Waals surface area contributed by atoms with E-state index in [0.29, 0.717) is 5.56 Å². The molecule has 0 aromatic carbocycles. The van der Waals surface area contributed by atoms with Gasteiger partial charge in [0.1, 0.15) is 0 Å². The van der Waals surface area contributed by atoms with Gasteiger partial charge in [-0.25, -0.2) is 0 Å². The Hall–Kier alpha value is -1.64. The summed E-state index contributed by atoms with van der Waals surface area (Å²) in [6.07, 6.45) is 3.40. The largest absolute Gasteiger partial charge is 0.360 e. The summed E-state index contributed by atoms with van der Waals surface area (Å²) in [6.45, 7) is 5.53. The van der Waals surface area contributed by atoms with Crippen LogP contribution < -0.4 is 0 Å². The lowest BCUT2D eigenvalue weighted by Crippen LogP contribution is -1.92. The van der Waals surface area contributed by atoms with Gasteiger partial charge < -0.3 is 4.98 Å². The molecule has 3 heteroatoms. The molecule has 0 aliphatic rings. The van der Waals surface area contributed by atoms with Gasteiger partial charge in [0.2, 0.25) is 0 Å². The highest BCUT2D eigenvalue weighted by Crippen LogP contribution is 2.10. The number of Topliss-reactive ketones (excluding diaryl/α,β-unsaturated/α-hetero) is 1. The van der Waals surface area contributed by atoms with Crippen LogP contribution in [-0.2, 0) is 0 Å². The van der Waals surface area contributed by atoms with Gasteiger partial charge >= 0.3 is 0 Å². The fraction of sp³-hybridized carbons (Fsp3) is 0.273. The Morgan fingerprint density at radius 3 is 2.86 bits per heavy atom. The molecule has 2 aromatic heterocycles. The van der Waals surface area contributed by atoms with Crippen molar-refractivity contribution >= 4 is 16.8 Å². The molecule has 76 valence electrons. The fourth-order valence-electron chi connectivity index (χ4n) is 1.13. The van der Waals surface area contributed by atoms with E-state index in [2.05, 4.69) is 9.97 Å². The molecule has 0 atom stereocenters. The maximum Gasteiger partial charge on any atom is 0.161 e. The van der Waals surface area contributed by atoms with E-state index >= 15 is 0 Å². The average Bonchev–Trinajstić information content (AvgIpc) is 2.67. The van der Waals surface area contributed by atoms with Gasteiger partial charge in [0.15, 0.2) is 5.78 Å². The zero-order valence-corrected chi connectivity index (χ0v) is 8.66. The highest BCUT2D eigenvalue weighted by Gasteiger charge is 2.01. The molecule has 2 rings (SSSR count). The first-order valence-electron chi connectivity index (χ1n) is 4.71. The molecule has 2 heterocycles. The van der Waals surface area contributed by atoms with Crippen molar-refractivity contribution in [2.75, 3.05) is 0 Å². The Balaban J connectivity index is 0.000000617. The Labute approximate surface area is 84.7 Å². The summed E-state index contributed by atoms with van der Waals surface area (Å²) >= 11 is 0. The molecule has 14 heavy (non-hydrogen) atoms. The standard InChI is InChI=1S/C9H8N2O.C2H6.H2/c1-6(12)7-4-9-8(11-5-7)2-3-10-9;1-2;/h2-5,10H,1H3;1-2H3;1H. The number of rotatable bonds is 1. The van der Waals surface area contributed by atoms with Crippen molar-refractivity contribution in [1.29, 1.82) is 0 Å². The summed E-state index contributed by atoms with van der Waals surface area (Å²) in [5.41, 5.74) is 2.44. The molecule has 0 bridgehead atoms. The van der Waals surface area contributed by atoms with E-state index in [-0.39, 0.29) is 7.21 Å². The molecule has 0 spiro atoms. The average molecular weight is 192 g/mol. The van der Waals surface area contributed by atoms with E-state index in [0.717, 1.165) is 11.0 Å². The van der Waals surface area contributed by atoms with Crippen LogP contribution in [0.5, 0.6) is 0 Å². The van der Waals surface area contributed by atoms with Gasteiger partial charge in [0.25, 0.3) is 0 Å². The van der Waals surface area contributed by atoms with Crippen LogP contribution in [-0.4, -0.2) is 15.8 Å². The van der Waals surface area contributed by atoms with E-state index in [1.807, 2.05) is 32.2 Å². The summed E-state index contributed by atoms with van der Waals surface area (Å²) in [6, 6.07) is 3.68. The second-order valence-corrected chi connectivity index (χ2v) is 2.69. The molecule has 3 nitrogen and oxygen atoms in total. The van der Waals surface area contributed by atoms with Gasteiger partial charge in [0, 0.05) is 19.4 Å². The van der Waals surface area contributed by atoms with Gasteiger partial charge in [-0.3, -0.25) is 9.78 Å².